The SMILES string of the molecule is Cc1ccc(CN(Cc2ccccc2)C(=O)CN(CC(C)C)C(=O)C(C)(C)C)o1. The lowest BCUT2D eigenvalue weighted by Crippen LogP contribution is -2.47. The predicted octanol–water partition coefficient (Wildman–Crippen LogP) is 4.65. The largest absolute Gasteiger partial charge is 0.464 e. The van der Waals surface area contributed by atoms with Crippen LogP contribution in [0.25, 0.3) is 0 Å². The molecule has 5 heteroatoms. The minimum Gasteiger partial charge on any atom is -0.464 e. The molecule has 0 aliphatic carbocycles. The molecule has 1 aromatic heterocycles. The van der Waals surface area contributed by atoms with Gasteiger partial charge in [0.05, 0.1) is 13.1 Å². The second-order valence-corrected chi connectivity index (χ2v) is 9.08. The fourth-order valence-electron chi connectivity index (χ4n) is 3.19. The third-order valence-corrected chi connectivity index (χ3v) is 4.55. The smallest absolute Gasteiger partial charge is 0.242 e. The van der Waals surface area contributed by atoms with Gasteiger partial charge >= 0.3 is 0 Å². The molecule has 2 rings (SSSR count). The molecule has 29 heavy (non-hydrogen) atoms. The normalized spacial score (nSPS) is 11.6. The Hall–Kier alpha value is -2.56. The van der Waals surface area contributed by atoms with Crippen LogP contribution in [-0.2, 0) is 22.7 Å². The summed E-state index contributed by atoms with van der Waals surface area (Å²) in [7, 11) is 0. The number of furan rings is 1. The van der Waals surface area contributed by atoms with Crippen LogP contribution in [0.5, 0.6) is 0 Å². The minimum atomic E-state index is -0.530. The summed E-state index contributed by atoms with van der Waals surface area (Å²) < 4.78 is 5.70. The van der Waals surface area contributed by atoms with Crippen LogP contribution in [0.1, 0.15) is 51.7 Å². The Labute approximate surface area is 174 Å². The van der Waals surface area contributed by atoms with E-state index in [0.717, 1.165) is 17.1 Å². The minimum absolute atomic E-state index is 0.00643. The van der Waals surface area contributed by atoms with Crippen molar-refractivity contribution in [3.8, 4) is 0 Å². The fraction of sp³-hybridized carbons (Fsp3) is 0.500. The molecule has 2 aromatic rings. The number of aryl methyl sites for hydroxylation is 1. The summed E-state index contributed by atoms with van der Waals surface area (Å²) >= 11 is 0. The first-order valence-electron chi connectivity index (χ1n) is 10.2. The summed E-state index contributed by atoms with van der Waals surface area (Å²) in [6.45, 7) is 13.1. The van der Waals surface area contributed by atoms with Crippen LogP contribution in [0.15, 0.2) is 46.9 Å². The third-order valence-electron chi connectivity index (χ3n) is 4.55. The standard InChI is InChI=1S/C24H34N2O3/c1-18(2)14-26(23(28)24(4,5)6)17-22(27)25(15-20-10-8-7-9-11-20)16-21-13-12-19(3)29-21/h7-13,18H,14-17H2,1-6H3. The van der Waals surface area contributed by atoms with Crippen molar-refractivity contribution in [2.75, 3.05) is 13.1 Å². The first-order chi connectivity index (χ1) is 13.6. The van der Waals surface area contributed by atoms with Crippen LogP contribution in [0.2, 0.25) is 0 Å². The highest BCUT2D eigenvalue weighted by Gasteiger charge is 2.30. The molecule has 0 N–H and O–H groups in total. The van der Waals surface area contributed by atoms with Gasteiger partial charge in [-0.15, -0.1) is 0 Å². The van der Waals surface area contributed by atoms with Crippen molar-refractivity contribution in [2.45, 2.75) is 54.6 Å². The Morgan fingerprint density at radius 1 is 0.966 bits per heavy atom. The third kappa shape index (κ3) is 7.08. The van der Waals surface area contributed by atoms with E-state index in [9.17, 15) is 9.59 Å². The summed E-state index contributed by atoms with van der Waals surface area (Å²) in [5, 5.41) is 0. The number of amides is 2. The molecular formula is C24H34N2O3. The number of carbonyl (C=O) groups excluding carboxylic acids is 2. The molecule has 0 unspecified atom stereocenters. The quantitative estimate of drug-likeness (QED) is 0.650. The van der Waals surface area contributed by atoms with Crippen LogP contribution >= 0.6 is 0 Å². The van der Waals surface area contributed by atoms with Crippen molar-refractivity contribution in [3.05, 3.63) is 59.5 Å². The maximum atomic E-state index is 13.3. The van der Waals surface area contributed by atoms with Crippen LogP contribution in [0.3, 0.4) is 0 Å². The molecule has 5 nitrogen and oxygen atoms in total. The molecule has 0 fully saturated rings. The Bertz CT molecular complexity index is 803. The van der Waals surface area contributed by atoms with E-state index in [0.29, 0.717) is 19.6 Å². The zero-order chi connectivity index (χ0) is 21.6. The zero-order valence-corrected chi connectivity index (χ0v) is 18.6. The lowest BCUT2D eigenvalue weighted by molar-refractivity contribution is -0.146. The number of hydrogen-bond donors (Lipinski definition) is 0. The molecule has 0 bridgehead atoms. The van der Waals surface area contributed by atoms with Gasteiger partial charge in [0.25, 0.3) is 0 Å². The Kier molecular flexibility index (Phi) is 7.66. The van der Waals surface area contributed by atoms with Gasteiger partial charge in [-0.2, -0.15) is 0 Å². The molecule has 0 radical (unpaired) electrons. The Morgan fingerprint density at radius 3 is 2.14 bits per heavy atom. The molecule has 0 aliphatic heterocycles. The summed E-state index contributed by atoms with van der Waals surface area (Å²) in [6, 6.07) is 13.7. The van der Waals surface area contributed by atoms with Crippen molar-refractivity contribution in [2.24, 2.45) is 11.3 Å². The zero-order valence-electron chi connectivity index (χ0n) is 18.6. The van der Waals surface area contributed by atoms with E-state index in [1.165, 1.54) is 0 Å². The van der Waals surface area contributed by atoms with Gasteiger partial charge in [0.1, 0.15) is 11.5 Å². The predicted molar refractivity (Wildman–Crippen MR) is 115 cm³/mol. The first kappa shape index (κ1) is 22.7. The topological polar surface area (TPSA) is 53.8 Å². The maximum Gasteiger partial charge on any atom is 0.242 e. The summed E-state index contributed by atoms with van der Waals surface area (Å²) in [6.07, 6.45) is 0. The summed E-state index contributed by atoms with van der Waals surface area (Å²) in [4.78, 5) is 29.6. The maximum absolute atomic E-state index is 13.3. The van der Waals surface area contributed by atoms with E-state index in [1.807, 2.05) is 70.2 Å². The average Bonchev–Trinajstić information content (AvgIpc) is 3.04. The molecule has 0 atom stereocenters. The lowest BCUT2D eigenvalue weighted by Gasteiger charge is -2.32. The van der Waals surface area contributed by atoms with Gasteiger partial charge in [0.2, 0.25) is 11.8 Å². The van der Waals surface area contributed by atoms with Crippen LogP contribution in [0, 0.1) is 18.3 Å². The number of carbonyl (C=O) groups is 2. The van der Waals surface area contributed by atoms with E-state index in [2.05, 4.69) is 13.8 Å². The van der Waals surface area contributed by atoms with Gasteiger partial charge in [-0.05, 0) is 30.5 Å². The van der Waals surface area contributed by atoms with Gasteiger partial charge in [-0.3, -0.25) is 9.59 Å². The van der Waals surface area contributed by atoms with Gasteiger partial charge in [-0.25, -0.2) is 0 Å². The molecular weight excluding hydrogens is 364 g/mol. The molecule has 158 valence electrons. The number of benzene rings is 1. The van der Waals surface area contributed by atoms with Crippen molar-refractivity contribution >= 4 is 11.8 Å². The van der Waals surface area contributed by atoms with E-state index in [-0.39, 0.29) is 24.3 Å². The fourth-order valence-corrected chi connectivity index (χ4v) is 3.19. The molecule has 0 saturated carbocycles. The molecule has 2 amide bonds. The highest BCUT2D eigenvalue weighted by Crippen LogP contribution is 2.19. The molecule has 1 heterocycles. The monoisotopic (exact) mass is 398 g/mol. The lowest BCUT2D eigenvalue weighted by atomic mass is 9.94. The highest BCUT2D eigenvalue weighted by molar-refractivity contribution is 5.87. The Morgan fingerprint density at radius 2 is 1.62 bits per heavy atom. The molecule has 1 aromatic carbocycles. The second kappa shape index (κ2) is 9.77. The summed E-state index contributed by atoms with van der Waals surface area (Å²) in [5.41, 5.74) is 0.513. The van der Waals surface area contributed by atoms with Crippen LogP contribution < -0.4 is 0 Å². The molecule has 0 spiro atoms. The number of rotatable bonds is 8. The first-order valence-corrected chi connectivity index (χ1v) is 10.2. The second-order valence-electron chi connectivity index (χ2n) is 9.08. The number of nitrogens with zero attached hydrogens (tertiary/aromatic N) is 2. The van der Waals surface area contributed by atoms with Gasteiger partial charge < -0.3 is 14.2 Å². The average molecular weight is 399 g/mol. The van der Waals surface area contributed by atoms with Crippen LogP contribution in [-0.4, -0.2) is 34.7 Å². The van der Waals surface area contributed by atoms with Gasteiger partial charge in [0, 0.05) is 18.5 Å². The van der Waals surface area contributed by atoms with E-state index < -0.39 is 5.41 Å². The van der Waals surface area contributed by atoms with Gasteiger partial charge in [-0.1, -0.05) is 65.0 Å². The van der Waals surface area contributed by atoms with Crippen molar-refractivity contribution in [1.82, 2.24) is 9.80 Å². The Balaban J connectivity index is 2.22. The van der Waals surface area contributed by atoms with Crippen LogP contribution in [0.4, 0.5) is 0 Å². The van der Waals surface area contributed by atoms with E-state index >= 15 is 0 Å². The highest BCUT2D eigenvalue weighted by atomic mass is 16.3. The van der Waals surface area contributed by atoms with Crippen molar-refractivity contribution in [1.29, 1.82) is 0 Å². The number of hydrogen-bond acceptors (Lipinski definition) is 3. The van der Waals surface area contributed by atoms with E-state index in [4.69, 9.17) is 4.42 Å². The van der Waals surface area contributed by atoms with Gasteiger partial charge in [0.15, 0.2) is 0 Å². The van der Waals surface area contributed by atoms with Crippen molar-refractivity contribution < 1.29 is 14.0 Å². The van der Waals surface area contributed by atoms with E-state index in [1.54, 1.807) is 9.80 Å². The molecule has 0 aliphatic rings. The molecule has 0 saturated heterocycles. The summed E-state index contributed by atoms with van der Waals surface area (Å²) in [5.74, 6) is 1.75. The van der Waals surface area contributed by atoms with Crippen molar-refractivity contribution in [3.63, 3.8) is 0 Å².